The quantitative estimate of drug-likeness (QED) is 0.703. The SMILES string of the molecule is Sc1ccccc1NC1C=CC=CC1. The Morgan fingerprint density at radius 1 is 1.21 bits per heavy atom. The fourth-order valence-electron chi connectivity index (χ4n) is 1.48. The van der Waals surface area contributed by atoms with Crippen LogP contribution in [-0.2, 0) is 0 Å². The lowest BCUT2D eigenvalue weighted by Gasteiger charge is -2.17. The highest BCUT2D eigenvalue weighted by molar-refractivity contribution is 7.80. The van der Waals surface area contributed by atoms with E-state index in [4.69, 9.17) is 0 Å². The molecular weight excluding hydrogens is 190 g/mol. The van der Waals surface area contributed by atoms with Gasteiger partial charge in [0.1, 0.15) is 0 Å². The topological polar surface area (TPSA) is 12.0 Å². The third-order valence-electron chi connectivity index (χ3n) is 2.23. The number of hydrogen-bond donors (Lipinski definition) is 2. The molecule has 1 nitrogen and oxygen atoms in total. The summed E-state index contributed by atoms with van der Waals surface area (Å²) in [5, 5.41) is 3.43. The average molecular weight is 203 g/mol. The van der Waals surface area contributed by atoms with Gasteiger partial charge in [0.15, 0.2) is 0 Å². The molecule has 0 amide bonds. The first-order valence-corrected chi connectivity index (χ1v) is 5.19. The first-order valence-electron chi connectivity index (χ1n) is 4.74. The van der Waals surface area contributed by atoms with Crippen molar-refractivity contribution in [2.45, 2.75) is 17.4 Å². The van der Waals surface area contributed by atoms with E-state index in [0.717, 1.165) is 17.0 Å². The van der Waals surface area contributed by atoms with Crippen molar-refractivity contribution >= 4 is 18.3 Å². The van der Waals surface area contributed by atoms with Gasteiger partial charge >= 0.3 is 0 Å². The molecule has 0 fully saturated rings. The lowest BCUT2D eigenvalue weighted by Crippen LogP contribution is -2.17. The fourth-order valence-corrected chi connectivity index (χ4v) is 1.71. The van der Waals surface area contributed by atoms with E-state index in [-0.39, 0.29) is 0 Å². The van der Waals surface area contributed by atoms with Crippen molar-refractivity contribution in [1.29, 1.82) is 0 Å². The number of nitrogens with one attached hydrogen (secondary N) is 1. The lowest BCUT2D eigenvalue weighted by molar-refractivity contribution is 0.879. The Morgan fingerprint density at radius 3 is 2.79 bits per heavy atom. The van der Waals surface area contributed by atoms with Crippen LogP contribution in [0.5, 0.6) is 0 Å². The zero-order valence-electron chi connectivity index (χ0n) is 7.85. The summed E-state index contributed by atoms with van der Waals surface area (Å²) in [5.41, 5.74) is 1.10. The van der Waals surface area contributed by atoms with E-state index >= 15 is 0 Å². The van der Waals surface area contributed by atoms with Gasteiger partial charge in [0.2, 0.25) is 0 Å². The number of benzene rings is 1. The van der Waals surface area contributed by atoms with Gasteiger partial charge in [0.05, 0.1) is 0 Å². The highest BCUT2D eigenvalue weighted by Gasteiger charge is 2.05. The highest BCUT2D eigenvalue weighted by atomic mass is 32.1. The van der Waals surface area contributed by atoms with Crippen LogP contribution in [0, 0.1) is 0 Å². The van der Waals surface area contributed by atoms with Crippen LogP contribution in [0.2, 0.25) is 0 Å². The first kappa shape index (κ1) is 9.41. The smallest absolute Gasteiger partial charge is 0.0482 e. The molecule has 1 unspecified atom stereocenters. The van der Waals surface area contributed by atoms with Gasteiger partial charge in [-0.2, -0.15) is 0 Å². The molecule has 0 saturated heterocycles. The summed E-state index contributed by atoms with van der Waals surface area (Å²) < 4.78 is 0. The maximum atomic E-state index is 4.39. The maximum Gasteiger partial charge on any atom is 0.0482 e. The van der Waals surface area contributed by atoms with Gasteiger partial charge in [0.25, 0.3) is 0 Å². The molecule has 0 aromatic heterocycles. The van der Waals surface area contributed by atoms with E-state index in [1.165, 1.54) is 0 Å². The summed E-state index contributed by atoms with van der Waals surface area (Å²) in [5.74, 6) is 0. The molecular formula is C12H13NS. The number of thiol groups is 1. The molecule has 72 valence electrons. The van der Waals surface area contributed by atoms with Crippen molar-refractivity contribution in [2.75, 3.05) is 5.32 Å². The van der Waals surface area contributed by atoms with Crippen LogP contribution in [0.25, 0.3) is 0 Å². The Morgan fingerprint density at radius 2 is 2.07 bits per heavy atom. The molecule has 0 bridgehead atoms. The van der Waals surface area contributed by atoms with Gasteiger partial charge < -0.3 is 5.32 Å². The minimum Gasteiger partial charge on any atom is -0.378 e. The second kappa shape index (κ2) is 4.38. The van der Waals surface area contributed by atoms with Crippen LogP contribution >= 0.6 is 12.6 Å². The summed E-state index contributed by atoms with van der Waals surface area (Å²) in [6.07, 6.45) is 9.52. The summed E-state index contributed by atoms with van der Waals surface area (Å²) >= 11 is 4.39. The average Bonchev–Trinajstić information content (AvgIpc) is 2.23. The molecule has 0 spiro atoms. The number of hydrogen-bond acceptors (Lipinski definition) is 2. The fraction of sp³-hybridized carbons (Fsp3) is 0.167. The van der Waals surface area contributed by atoms with Crippen LogP contribution in [-0.4, -0.2) is 6.04 Å². The molecule has 2 rings (SSSR count). The zero-order valence-corrected chi connectivity index (χ0v) is 8.74. The van der Waals surface area contributed by atoms with Crippen LogP contribution in [0.4, 0.5) is 5.69 Å². The summed E-state index contributed by atoms with van der Waals surface area (Å²) in [7, 11) is 0. The van der Waals surface area contributed by atoms with Crippen molar-refractivity contribution in [3.63, 3.8) is 0 Å². The predicted octanol–water partition coefficient (Wildman–Crippen LogP) is 3.27. The number of para-hydroxylation sites is 1. The van der Waals surface area contributed by atoms with Gasteiger partial charge in [0, 0.05) is 16.6 Å². The Bertz CT molecular complexity index is 368. The number of allylic oxidation sites excluding steroid dienone is 2. The van der Waals surface area contributed by atoms with Gasteiger partial charge in [-0.05, 0) is 18.6 Å². The van der Waals surface area contributed by atoms with Crippen molar-refractivity contribution in [1.82, 2.24) is 0 Å². The lowest BCUT2D eigenvalue weighted by atomic mass is 10.1. The summed E-state index contributed by atoms with van der Waals surface area (Å²) in [4.78, 5) is 0.996. The van der Waals surface area contributed by atoms with Crippen LogP contribution in [0.1, 0.15) is 6.42 Å². The van der Waals surface area contributed by atoms with E-state index in [0.29, 0.717) is 6.04 Å². The van der Waals surface area contributed by atoms with Gasteiger partial charge in [-0.3, -0.25) is 0 Å². The molecule has 2 heteroatoms. The Labute approximate surface area is 89.9 Å². The Hall–Kier alpha value is -1.15. The largest absolute Gasteiger partial charge is 0.378 e. The molecule has 14 heavy (non-hydrogen) atoms. The van der Waals surface area contributed by atoms with Crippen LogP contribution in [0.15, 0.2) is 53.5 Å². The standard InChI is InChI=1S/C12H13NS/c14-12-9-5-4-8-11(12)13-10-6-2-1-3-7-10/h1-6,8-10,13-14H,7H2. The minimum atomic E-state index is 0.397. The monoisotopic (exact) mass is 203 g/mol. The molecule has 0 heterocycles. The second-order valence-electron chi connectivity index (χ2n) is 3.32. The highest BCUT2D eigenvalue weighted by Crippen LogP contribution is 2.21. The molecule has 1 N–H and O–H groups in total. The van der Waals surface area contributed by atoms with E-state index in [2.05, 4.69) is 48.3 Å². The third-order valence-corrected chi connectivity index (χ3v) is 2.62. The summed E-state index contributed by atoms with van der Waals surface area (Å²) in [6.45, 7) is 0. The summed E-state index contributed by atoms with van der Waals surface area (Å²) in [6, 6.07) is 8.45. The van der Waals surface area contributed by atoms with Crippen molar-refractivity contribution in [2.24, 2.45) is 0 Å². The molecule has 1 aromatic carbocycles. The van der Waals surface area contributed by atoms with E-state index in [1.54, 1.807) is 0 Å². The number of rotatable bonds is 2. The van der Waals surface area contributed by atoms with Gasteiger partial charge in [-0.25, -0.2) is 0 Å². The molecule has 0 radical (unpaired) electrons. The Kier molecular flexibility index (Phi) is 2.94. The Balaban J connectivity index is 2.07. The molecule has 0 saturated carbocycles. The second-order valence-corrected chi connectivity index (χ2v) is 3.80. The van der Waals surface area contributed by atoms with Crippen LogP contribution in [0.3, 0.4) is 0 Å². The zero-order chi connectivity index (χ0) is 9.80. The maximum absolute atomic E-state index is 4.39. The van der Waals surface area contributed by atoms with E-state index < -0.39 is 0 Å². The van der Waals surface area contributed by atoms with Crippen molar-refractivity contribution < 1.29 is 0 Å². The van der Waals surface area contributed by atoms with Gasteiger partial charge in [-0.15, -0.1) is 12.6 Å². The van der Waals surface area contributed by atoms with E-state index in [9.17, 15) is 0 Å². The van der Waals surface area contributed by atoms with Gasteiger partial charge in [-0.1, -0.05) is 36.4 Å². The molecule has 0 aliphatic heterocycles. The molecule has 1 aliphatic rings. The predicted molar refractivity (Wildman–Crippen MR) is 64.0 cm³/mol. The van der Waals surface area contributed by atoms with Crippen molar-refractivity contribution in [3.8, 4) is 0 Å². The molecule has 1 aliphatic carbocycles. The molecule has 1 atom stereocenters. The molecule has 1 aromatic rings. The van der Waals surface area contributed by atoms with Crippen molar-refractivity contribution in [3.05, 3.63) is 48.6 Å². The van der Waals surface area contributed by atoms with Crippen LogP contribution < -0.4 is 5.32 Å². The third kappa shape index (κ3) is 2.20. The minimum absolute atomic E-state index is 0.397. The first-order chi connectivity index (χ1) is 6.86. The number of anilines is 1. The van der Waals surface area contributed by atoms with E-state index in [1.807, 2.05) is 18.2 Å². The normalized spacial score (nSPS) is 19.6.